The number of hydrogen-bond acceptors (Lipinski definition) is 5. The molecule has 3 aliphatic rings. The van der Waals surface area contributed by atoms with E-state index in [0.717, 1.165) is 25.9 Å². The van der Waals surface area contributed by atoms with Crippen LogP contribution in [0.25, 0.3) is 0 Å². The zero-order valence-electron chi connectivity index (χ0n) is 15.6. The van der Waals surface area contributed by atoms with Gasteiger partial charge in [0, 0.05) is 45.3 Å². The Kier molecular flexibility index (Phi) is 5.36. The monoisotopic (exact) mass is 361 g/mol. The minimum atomic E-state index is -0.0428. The number of fused-ring (bicyclic) bond motifs is 4. The fraction of sp³-hybridized carbons (Fsp3) is 0.579. The molecule has 0 radical (unpaired) electrons. The van der Waals surface area contributed by atoms with Crippen molar-refractivity contribution in [3.05, 3.63) is 23.8 Å². The van der Waals surface area contributed by atoms with Crippen LogP contribution in [-0.2, 0) is 4.79 Å². The summed E-state index contributed by atoms with van der Waals surface area (Å²) in [7, 11) is 5.00. The first kappa shape index (κ1) is 18.5. The molecule has 7 heteroatoms. The van der Waals surface area contributed by atoms with Crippen molar-refractivity contribution < 1.29 is 19.4 Å². The van der Waals surface area contributed by atoms with E-state index in [-0.39, 0.29) is 23.6 Å². The van der Waals surface area contributed by atoms with E-state index in [1.165, 1.54) is 13.2 Å². The molecule has 2 bridgehead atoms. The van der Waals surface area contributed by atoms with Gasteiger partial charge in [-0.25, -0.2) is 0 Å². The topological polar surface area (TPSA) is 73.3 Å². The summed E-state index contributed by atoms with van der Waals surface area (Å²) in [5.74, 6) is 0.752. The minimum absolute atomic E-state index is 0.0230. The second-order valence-electron chi connectivity index (χ2n) is 7.42. The van der Waals surface area contributed by atoms with Crippen LogP contribution in [0, 0.1) is 5.92 Å². The van der Waals surface area contributed by atoms with Crippen LogP contribution >= 0.6 is 0 Å². The number of piperidine rings is 1. The highest BCUT2D eigenvalue weighted by atomic mass is 16.5. The van der Waals surface area contributed by atoms with Gasteiger partial charge in [0.1, 0.15) is 0 Å². The maximum absolute atomic E-state index is 13.1. The molecule has 2 atom stereocenters. The second kappa shape index (κ2) is 7.53. The van der Waals surface area contributed by atoms with Gasteiger partial charge in [-0.1, -0.05) is 0 Å². The molecule has 142 valence electrons. The van der Waals surface area contributed by atoms with Gasteiger partial charge in [-0.15, -0.1) is 0 Å². The summed E-state index contributed by atoms with van der Waals surface area (Å²) in [5.41, 5.74) is 0.517. The molecule has 3 heterocycles. The molecule has 2 amide bonds. The Balaban J connectivity index is 1.75. The number of amides is 2. The fourth-order valence-corrected chi connectivity index (χ4v) is 3.87. The first-order chi connectivity index (χ1) is 12.4. The number of carbonyl (C=O) groups is 2. The van der Waals surface area contributed by atoms with Gasteiger partial charge < -0.3 is 19.6 Å². The zero-order chi connectivity index (χ0) is 18.8. The van der Waals surface area contributed by atoms with Crippen LogP contribution in [-0.4, -0.2) is 85.0 Å². The molecule has 26 heavy (non-hydrogen) atoms. The third-order valence-corrected chi connectivity index (χ3v) is 5.33. The molecule has 1 N–H and O–H groups in total. The van der Waals surface area contributed by atoms with Crippen molar-refractivity contribution in [2.24, 2.45) is 5.92 Å². The van der Waals surface area contributed by atoms with E-state index in [9.17, 15) is 14.7 Å². The number of aromatic hydroxyl groups is 1. The summed E-state index contributed by atoms with van der Waals surface area (Å²) < 4.78 is 5.12. The van der Waals surface area contributed by atoms with Gasteiger partial charge in [0.25, 0.3) is 5.91 Å². The smallest absolute Gasteiger partial charge is 0.254 e. The van der Waals surface area contributed by atoms with E-state index in [2.05, 4.69) is 4.90 Å². The number of rotatable bonds is 4. The molecule has 1 aromatic rings. The normalized spacial score (nSPS) is 22.8. The van der Waals surface area contributed by atoms with Crippen molar-refractivity contribution >= 4 is 11.8 Å². The molecule has 0 saturated carbocycles. The van der Waals surface area contributed by atoms with E-state index < -0.39 is 0 Å². The Morgan fingerprint density at radius 3 is 2.69 bits per heavy atom. The van der Waals surface area contributed by atoms with Crippen LogP contribution in [0.2, 0.25) is 0 Å². The molecule has 0 unspecified atom stereocenters. The van der Waals surface area contributed by atoms with Gasteiger partial charge in [-0.05, 0) is 37.0 Å². The number of likely N-dealkylation sites (N-methyl/N-ethyl adjacent to an activating group) is 1. The predicted octanol–water partition coefficient (Wildman–Crippen LogP) is 1.03. The summed E-state index contributed by atoms with van der Waals surface area (Å²) in [4.78, 5) is 30.8. The highest BCUT2D eigenvalue weighted by Crippen LogP contribution is 2.31. The lowest BCUT2D eigenvalue weighted by Crippen LogP contribution is -2.47. The number of hydrogen-bond donors (Lipinski definition) is 1. The Bertz CT molecular complexity index is 691. The molecule has 7 nitrogen and oxygen atoms in total. The maximum Gasteiger partial charge on any atom is 0.254 e. The molecular weight excluding hydrogens is 334 g/mol. The molecule has 3 aliphatic heterocycles. The van der Waals surface area contributed by atoms with Crippen molar-refractivity contribution in [1.29, 1.82) is 0 Å². The summed E-state index contributed by atoms with van der Waals surface area (Å²) in [6, 6.07) is 4.82. The van der Waals surface area contributed by atoms with Crippen LogP contribution < -0.4 is 4.74 Å². The van der Waals surface area contributed by atoms with Crippen molar-refractivity contribution in [2.75, 3.05) is 47.4 Å². The number of nitrogens with zero attached hydrogens (tertiary/aromatic N) is 3. The van der Waals surface area contributed by atoms with Gasteiger partial charge in [0.15, 0.2) is 11.5 Å². The van der Waals surface area contributed by atoms with Crippen LogP contribution in [0.1, 0.15) is 23.2 Å². The van der Waals surface area contributed by atoms with Crippen molar-refractivity contribution in [3.8, 4) is 11.5 Å². The Morgan fingerprint density at radius 1 is 1.23 bits per heavy atom. The van der Waals surface area contributed by atoms with Crippen molar-refractivity contribution in [3.63, 3.8) is 0 Å². The van der Waals surface area contributed by atoms with Crippen LogP contribution in [0.5, 0.6) is 11.5 Å². The lowest BCUT2D eigenvalue weighted by molar-refractivity contribution is -0.129. The lowest BCUT2D eigenvalue weighted by atomic mass is 9.94. The van der Waals surface area contributed by atoms with E-state index in [4.69, 9.17) is 4.74 Å². The molecule has 0 aromatic heterocycles. The fourth-order valence-electron chi connectivity index (χ4n) is 3.87. The third-order valence-electron chi connectivity index (χ3n) is 5.33. The molecule has 3 saturated heterocycles. The van der Waals surface area contributed by atoms with Crippen LogP contribution in [0.3, 0.4) is 0 Å². The second-order valence-corrected chi connectivity index (χ2v) is 7.42. The molecule has 3 fully saturated rings. The summed E-state index contributed by atoms with van der Waals surface area (Å²) in [6.45, 7) is 2.67. The third kappa shape index (κ3) is 3.77. The summed E-state index contributed by atoms with van der Waals surface area (Å²) in [5, 5.41) is 9.75. The van der Waals surface area contributed by atoms with E-state index in [1.54, 1.807) is 31.1 Å². The van der Waals surface area contributed by atoms with Gasteiger partial charge in [0.05, 0.1) is 13.7 Å². The average molecular weight is 361 g/mol. The SMILES string of the molecule is COc1cc(C(=O)N2C[C@@H]3CC[C@H]2CN(CC(=O)N(C)C)C3)ccc1O. The standard InChI is InChI=1S/C19H27N3O4/c1-20(2)18(24)12-21-9-13-4-6-15(11-21)22(10-13)19(25)14-5-7-16(23)17(8-14)26-3/h5,7-8,13,15,23H,4,6,9-12H2,1-3H3/t13-,15+/m1/s1. The van der Waals surface area contributed by atoms with E-state index in [1.807, 2.05) is 4.90 Å². The lowest BCUT2D eigenvalue weighted by Gasteiger charge is -2.36. The van der Waals surface area contributed by atoms with Crippen LogP contribution in [0.15, 0.2) is 18.2 Å². The Hall–Kier alpha value is -2.28. The number of phenols is 1. The highest BCUT2D eigenvalue weighted by molar-refractivity contribution is 5.95. The van der Waals surface area contributed by atoms with Gasteiger partial charge in [-0.2, -0.15) is 0 Å². The van der Waals surface area contributed by atoms with E-state index in [0.29, 0.717) is 30.3 Å². The predicted molar refractivity (Wildman–Crippen MR) is 97.3 cm³/mol. The number of methoxy groups -OCH3 is 1. The van der Waals surface area contributed by atoms with Crippen molar-refractivity contribution in [1.82, 2.24) is 14.7 Å². The summed E-state index contributed by atoms with van der Waals surface area (Å²) in [6.07, 6.45) is 2.04. The van der Waals surface area contributed by atoms with Crippen molar-refractivity contribution in [2.45, 2.75) is 18.9 Å². The highest BCUT2D eigenvalue weighted by Gasteiger charge is 2.38. The number of carbonyl (C=O) groups excluding carboxylic acids is 2. The summed E-state index contributed by atoms with van der Waals surface area (Å²) >= 11 is 0. The average Bonchev–Trinajstić information content (AvgIpc) is 2.92. The van der Waals surface area contributed by atoms with Crippen LogP contribution in [0.4, 0.5) is 0 Å². The van der Waals surface area contributed by atoms with E-state index >= 15 is 0 Å². The first-order valence-electron chi connectivity index (χ1n) is 8.99. The number of ether oxygens (including phenoxy) is 1. The minimum Gasteiger partial charge on any atom is -0.504 e. The van der Waals surface area contributed by atoms with Gasteiger partial charge in [0.2, 0.25) is 5.91 Å². The zero-order valence-corrected chi connectivity index (χ0v) is 15.6. The number of benzene rings is 1. The maximum atomic E-state index is 13.1. The molecule has 0 aliphatic carbocycles. The Labute approximate surface area is 154 Å². The largest absolute Gasteiger partial charge is 0.504 e. The molecule has 4 rings (SSSR count). The molecule has 0 spiro atoms. The van der Waals surface area contributed by atoms with Gasteiger partial charge >= 0.3 is 0 Å². The number of phenolic OH excluding ortho intramolecular Hbond substituents is 1. The molecular formula is C19H27N3O4. The Morgan fingerprint density at radius 2 is 2.00 bits per heavy atom. The first-order valence-corrected chi connectivity index (χ1v) is 8.99. The van der Waals surface area contributed by atoms with Gasteiger partial charge in [-0.3, -0.25) is 14.5 Å². The quantitative estimate of drug-likeness (QED) is 0.867. The molecule has 1 aromatic carbocycles.